The standard InChI is InChI=1S/C30H20Cl3N3O4/c31-24-14-11-22(16-25(24)32)36-29(38)26(33)27(30(36)39)34-21-8-4-7-19(15-21)28(37)35-20-9-12-23(13-10-20)40-17-18-5-2-1-3-6-18/h1-16,34H,17H2,(H,35,37). The van der Waals surface area contributed by atoms with Gasteiger partial charge in [0, 0.05) is 16.9 Å². The van der Waals surface area contributed by atoms with Gasteiger partial charge >= 0.3 is 0 Å². The van der Waals surface area contributed by atoms with Crippen LogP contribution in [0.2, 0.25) is 10.0 Å². The van der Waals surface area contributed by atoms with Gasteiger partial charge in [0.25, 0.3) is 17.7 Å². The lowest BCUT2D eigenvalue weighted by atomic mass is 10.1. The summed E-state index contributed by atoms with van der Waals surface area (Å²) in [5, 5.41) is 5.88. The molecule has 0 saturated carbocycles. The molecule has 0 unspecified atom stereocenters. The average molecular weight is 593 g/mol. The van der Waals surface area contributed by atoms with E-state index in [-0.39, 0.29) is 32.4 Å². The van der Waals surface area contributed by atoms with Crippen LogP contribution in [0.15, 0.2) is 108 Å². The summed E-state index contributed by atoms with van der Waals surface area (Å²) < 4.78 is 5.78. The summed E-state index contributed by atoms with van der Waals surface area (Å²) in [5.74, 6) is -1.08. The van der Waals surface area contributed by atoms with Crippen molar-refractivity contribution < 1.29 is 19.1 Å². The van der Waals surface area contributed by atoms with Gasteiger partial charge in [0.1, 0.15) is 23.1 Å². The molecule has 0 atom stereocenters. The van der Waals surface area contributed by atoms with E-state index in [4.69, 9.17) is 39.5 Å². The molecule has 10 heteroatoms. The van der Waals surface area contributed by atoms with Gasteiger partial charge in [-0.1, -0.05) is 71.2 Å². The quantitative estimate of drug-likeness (QED) is 0.210. The van der Waals surface area contributed by atoms with Crippen LogP contribution in [-0.4, -0.2) is 17.7 Å². The smallest absolute Gasteiger partial charge is 0.283 e. The Kier molecular flexibility index (Phi) is 8.07. The molecule has 0 aliphatic carbocycles. The predicted molar refractivity (Wildman–Crippen MR) is 157 cm³/mol. The lowest BCUT2D eigenvalue weighted by Gasteiger charge is -2.16. The normalized spacial score (nSPS) is 13.0. The maximum Gasteiger partial charge on any atom is 0.283 e. The number of nitrogens with zero attached hydrogens (tertiary/aromatic N) is 1. The summed E-state index contributed by atoms with van der Waals surface area (Å²) >= 11 is 18.2. The van der Waals surface area contributed by atoms with Crippen LogP contribution in [0.1, 0.15) is 15.9 Å². The molecule has 0 saturated heterocycles. The number of benzene rings is 4. The molecule has 0 radical (unpaired) electrons. The first-order chi connectivity index (χ1) is 19.3. The third-order valence-corrected chi connectivity index (χ3v) is 7.03. The summed E-state index contributed by atoms with van der Waals surface area (Å²) in [7, 11) is 0. The molecule has 0 aromatic heterocycles. The van der Waals surface area contributed by atoms with E-state index >= 15 is 0 Å². The number of rotatable bonds is 8. The van der Waals surface area contributed by atoms with Gasteiger partial charge in [-0.15, -0.1) is 0 Å². The van der Waals surface area contributed by atoms with Crippen molar-refractivity contribution in [3.8, 4) is 5.75 Å². The molecular formula is C30H20Cl3N3O4. The Balaban J connectivity index is 1.24. The lowest BCUT2D eigenvalue weighted by molar-refractivity contribution is -0.120. The molecule has 200 valence electrons. The number of hydrogen-bond donors (Lipinski definition) is 2. The van der Waals surface area contributed by atoms with Gasteiger partial charge in [0.05, 0.1) is 15.7 Å². The fourth-order valence-electron chi connectivity index (χ4n) is 3.93. The molecule has 4 aromatic rings. The fourth-order valence-corrected chi connectivity index (χ4v) is 4.44. The fraction of sp³-hybridized carbons (Fsp3) is 0.0333. The maximum atomic E-state index is 13.1. The molecule has 5 rings (SSSR count). The van der Waals surface area contributed by atoms with Crippen LogP contribution in [0.5, 0.6) is 5.75 Å². The van der Waals surface area contributed by atoms with E-state index in [0.29, 0.717) is 29.3 Å². The molecule has 3 amide bonds. The second-order valence-electron chi connectivity index (χ2n) is 8.69. The van der Waals surface area contributed by atoms with Crippen molar-refractivity contribution in [2.24, 2.45) is 0 Å². The van der Waals surface area contributed by atoms with Crippen molar-refractivity contribution in [1.82, 2.24) is 0 Å². The Labute approximate surface area is 244 Å². The van der Waals surface area contributed by atoms with Crippen LogP contribution in [-0.2, 0) is 16.2 Å². The van der Waals surface area contributed by atoms with Gasteiger partial charge < -0.3 is 15.4 Å². The molecule has 1 aliphatic rings. The van der Waals surface area contributed by atoms with E-state index in [2.05, 4.69) is 10.6 Å². The van der Waals surface area contributed by atoms with E-state index < -0.39 is 11.8 Å². The Morgan fingerprint density at radius 2 is 1.50 bits per heavy atom. The van der Waals surface area contributed by atoms with E-state index in [9.17, 15) is 14.4 Å². The van der Waals surface area contributed by atoms with Crippen molar-refractivity contribution in [3.63, 3.8) is 0 Å². The second kappa shape index (κ2) is 11.8. The largest absolute Gasteiger partial charge is 0.489 e. The molecule has 1 aliphatic heterocycles. The summed E-state index contributed by atoms with van der Waals surface area (Å²) in [4.78, 5) is 39.6. The number of halogens is 3. The molecular weight excluding hydrogens is 573 g/mol. The molecule has 7 nitrogen and oxygen atoms in total. The van der Waals surface area contributed by atoms with Gasteiger partial charge in [-0.05, 0) is 66.2 Å². The summed E-state index contributed by atoms with van der Waals surface area (Å²) in [6.45, 7) is 0.437. The van der Waals surface area contributed by atoms with E-state index in [1.165, 1.54) is 18.2 Å². The minimum absolute atomic E-state index is 0.124. The zero-order chi connectivity index (χ0) is 28.2. The number of amides is 3. The zero-order valence-electron chi connectivity index (χ0n) is 20.7. The van der Waals surface area contributed by atoms with Gasteiger partial charge in [0.15, 0.2) is 0 Å². The summed E-state index contributed by atoms with van der Waals surface area (Å²) in [5.41, 5.74) is 2.45. The van der Waals surface area contributed by atoms with Crippen LogP contribution in [0, 0.1) is 0 Å². The highest BCUT2D eigenvalue weighted by Crippen LogP contribution is 2.33. The number of hydrogen-bond acceptors (Lipinski definition) is 5. The Morgan fingerprint density at radius 1 is 0.750 bits per heavy atom. The van der Waals surface area contributed by atoms with Crippen LogP contribution >= 0.6 is 34.8 Å². The van der Waals surface area contributed by atoms with Crippen LogP contribution in [0.25, 0.3) is 0 Å². The Morgan fingerprint density at radius 3 is 2.23 bits per heavy atom. The molecule has 0 fully saturated rings. The number of carbonyl (C=O) groups is 3. The van der Waals surface area contributed by atoms with Crippen molar-refractivity contribution >= 4 is 69.6 Å². The molecule has 1 heterocycles. The minimum atomic E-state index is -0.711. The first kappa shape index (κ1) is 27.3. The van der Waals surface area contributed by atoms with Gasteiger partial charge in [-0.25, -0.2) is 4.90 Å². The molecule has 4 aromatic carbocycles. The Hall–Kier alpha value is -4.30. The Bertz CT molecular complexity index is 1640. The van der Waals surface area contributed by atoms with E-state index in [0.717, 1.165) is 10.5 Å². The number of imide groups is 1. The van der Waals surface area contributed by atoms with Crippen molar-refractivity contribution in [3.05, 3.63) is 129 Å². The number of nitrogens with one attached hydrogen (secondary N) is 2. The third-order valence-electron chi connectivity index (χ3n) is 5.94. The van der Waals surface area contributed by atoms with Crippen LogP contribution in [0.3, 0.4) is 0 Å². The first-order valence-corrected chi connectivity index (χ1v) is 13.1. The van der Waals surface area contributed by atoms with Crippen LogP contribution in [0.4, 0.5) is 17.1 Å². The minimum Gasteiger partial charge on any atom is -0.489 e. The van der Waals surface area contributed by atoms with Crippen molar-refractivity contribution in [1.29, 1.82) is 0 Å². The molecule has 0 bridgehead atoms. The zero-order valence-corrected chi connectivity index (χ0v) is 22.9. The monoisotopic (exact) mass is 591 g/mol. The van der Waals surface area contributed by atoms with Crippen molar-refractivity contribution in [2.45, 2.75) is 6.61 Å². The van der Waals surface area contributed by atoms with Gasteiger partial charge in [-0.3, -0.25) is 14.4 Å². The van der Waals surface area contributed by atoms with Crippen molar-refractivity contribution in [2.75, 3.05) is 15.5 Å². The van der Waals surface area contributed by atoms with E-state index in [1.54, 1.807) is 48.5 Å². The predicted octanol–water partition coefficient (Wildman–Crippen LogP) is 7.26. The van der Waals surface area contributed by atoms with Gasteiger partial charge in [-0.2, -0.15) is 0 Å². The first-order valence-electron chi connectivity index (χ1n) is 12.0. The third kappa shape index (κ3) is 5.97. The highest BCUT2D eigenvalue weighted by Gasteiger charge is 2.39. The van der Waals surface area contributed by atoms with E-state index in [1.807, 2.05) is 30.3 Å². The second-order valence-corrected chi connectivity index (χ2v) is 9.88. The number of carbonyl (C=O) groups excluding carboxylic acids is 3. The summed E-state index contributed by atoms with van der Waals surface area (Å²) in [6, 6.07) is 27.7. The topological polar surface area (TPSA) is 87.7 Å². The molecule has 2 N–H and O–H groups in total. The molecule has 0 spiro atoms. The van der Waals surface area contributed by atoms with Gasteiger partial charge in [0.2, 0.25) is 0 Å². The SMILES string of the molecule is O=C(Nc1ccc(OCc2ccccc2)cc1)c1cccc(NC2=C(Cl)C(=O)N(c3ccc(Cl)c(Cl)c3)C2=O)c1. The number of anilines is 3. The average Bonchev–Trinajstić information content (AvgIpc) is 3.17. The maximum absolute atomic E-state index is 13.1. The lowest BCUT2D eigenvalue weighted by Crippen LogP contribution is -2.32. The molecule has 40 heavy (non-hydrogen) atoms. The highest BCUT2D eigenvalue weighted by atomic mass is 35.5. The number of ether oxygens (including phenoxy) is 1. The summed E-state index contributed by atoms with van der Waals surface area (Å²) in [6.07, 6.45) is 0. The van der Waals surface area contributed by atoms with Crippen LogP contribution < -0.4 is 20.3 Å². The highest BCUT2D eigenvalue weighted by molar-refractivity contribution is 6.53.